The van der Waals surface area contributed by atoms with Gasteiger partial charge in [-0.15, -0.1) is 5.10 Å². The van der Waals surface area contributed by atoms with E-state index in [-0.39, 0.29) is 5.41 Å². The molecule has 84 valence electrons. The van der Waals surface area contributed by atoms with Crippen molar-refractivity contribution < 1.29 is 4.74 Å². The van der Waals surface area contributed by atoms with Gasteiger partial charge in [0.05, 0.1) is 6.61 Å². The second-order valence-electron chi connectivity index (χ2n) is 5.50. The molecule has 0 unspecified atom stereocenters. The van der Waals surface area contributed by atoms with Gasteiger partial charge in [0.15, 0.2) is 0 Å². The third kappa shape index (κ3) is 2.74. The summed E-state index contributed by atoms with van der Waals surface area (Å²) in [6.07, 6.45) is 3.67. The Bertz CT molecular complexity index is 312. The summed E-state index contributed by atoms with van der Waals surface area (Å²) in [6, 6.07) is 2.09. The van der Waals surface area contributed by atoms with Crippen LogP contribution in [0.1, 0.15) is 39.3 Å². The maximum atomic E-state index is 5.69. The van der Waals surface area contributed by atoms with Crippen molar-refractivity contribution in [3.63, 3.8) is 0 Å². The fourth-order valence-corrected chi connectivity index (χ4v) is 1.75. The zero-order valence-electron chi connectivity index (χ0n) is 9.92. The standard InChI is InChI=1S/C12H20N2O/c1-12(2,3)9-15-11-8-10-6-4-5-7-14(10)13-11/h8H,4-7,9H2,1-3H3. The Labute approximate surface area is 91.4 Å². The highest BCUT2D eigenvalue weighted by Gasteiger charge is 2.15. The van der Waals surface area contributed by atoms with Crippen LogP contribution in [0.25, 0.3) is 0 Å². The van der Waals surface area contributed by atoms with Crippen LogP contribution >= 0.6 is 0 Å². The topological polar surface area (TPSA) is 27.1 Å². The van der Waals surface area contributed by atoms with Crippen LogP contribution in [0.15, 0.2) is 6.07 Å². The van der Waals surface area contributed by atoms with E-state index in [1.54, 1.807) is 0 Å². The molecule has 1 aliphatic heterocycles. The van der Waals surface area contributed by atoms with E-state index in [4.69, 9.17) is 4.74 Å². The number of aromatic nitrogens is 2. The van der Waals surface area contributed by atoms with Crippen molar-refractivity contribution >= 4 is 0 Å². The molecule has 2 rings (SSSR count). The molecule has 3 heteroatoms. The molecule has 1 aromatic rings. The predicted octanol–water partition coefficient (Wildman–Crippen LogP) is 2.64. The fourth-order valence-electron chi connectivity index (χ4n) is 1.75. The van der Waals surface area contributed by atoms with E-state index in [1.165, 1.54) is 18.5 Å². The summed E-state index contributed by atoms with van der Waals surface area (Å²) in [4.78, 5) is 0. The van der Waals surface area contributed by atoms with Gasteiger partial charge in [-0.1, -0.05) is 20.8 Å². The SMILES string of the molecule is CC(C)(C)COc1cc2n(n1)CCCC2. The molecular weight excluding hydrogens is 188 g/mol. The first kappa shape index (κ1) is 10.5. The number of nitrogens with zero attached hydrogens (tertiary/aromatic N) is 2. The minimum atomic E-state index is 0.199. The Balaban J connectivity index is 2.01. The van der Waals surface area contributed by atoms with Gasteiger partial charge in [0, 0.05) is 18.3 Å². The summed E-state index contributed by atoms with van der Waals surface area (Å²) in [5.74, 6) is 0.793. The van der Waals surface area contributed by atoms with Crippen molar-refractivity contribution in [3.05, 3.63) is 11.8 Å². The van der Waals surface area contributed by atoms with Gasteiger partial charge in [0.1, 0.15) is 0 Å². The number of hydrogen-bond donors (Lipinski definition) is 0. The minimum Gasteiger partial charge on any atom is -0.476 e. The van der Waals surface area contributed by atoms with Crippen LogP contribution in [0.3, 0.4) is 0 Å². The monoisotopic (exact) mass is 208 g/mol. The maximum Gasteiger partial charge on any atom is 0.233 e. The molecule has 3 nitrogen and oxygen atoms in total. The molecule has 0 spiro atoms. The van der Waals surface area contributed by atoms with E-state index < -0.39 is 0 Å². The van der Waals surface area contributed by atoms with Crippen LogP contribution in [0.5, 0.6) is 5.88 Å². The highest BCUT2D eigenvalue weighted by Crippen LogP contribution is 2.21. The first-order valence-electron chi connectivity index (χ1n) is 5.74. The second kappa shape index (κ2) is 3.87. The van der Waals surface area contributed by atoms with Crippen LogP contribution in [0.4, 0.5) is 0 Å². The van der Waals surface area contributed by atoms with E-state index in [2.05, 4.69) is 36.6 Å². The summed E-state index contributed by atoms with van der Waals surface area (Å²) in [6.45, 7) is 8.28. The minimum absolute atomic E-state index is 0.199. The molecule has 0 saturated heterocycles. The molecule has 15 heavy (non-hydrogen) atoms. The quantitative estimate of drug-likeness (QED) is 0.747. The van der Waals surface area contributed by atoms with Crippen molar-refractivity contribution in [2.24, 2.45) is 5.41 Å². The number of hydrogen-bond acceptors (Lipinski definition) is 2. The van der Waals surface area contributed by atoms with Gasteiger partial charge in [-0.25, -0.2) is 0 Å². The van der Waals surface area contributed by atoms with Crippen LogP contribution < -0.4 is 4.74 Å². The summed E-state index contributed by atoms with van der Waals surface area (Å²) in [5, 5.41) is 4.45. The van der Waals surface area contributed by atoms with Gasteiger partial charge in [-0.2, -0.15) is 0 Å². The van der Waals surface area contributed by atoms with Crippen molar-refractivity contribution in [1.29, 1.82) is 0 Å². The van der Waals surface area contributed by atoms with Gasteiger partial charge in [-0.05, 0) is 24.7 Å². The molecule has 0 aliphatic carbocycles. The Kier molecular flexibility index (Phi) is 2.72. The molecule has 1 aromatic heterocycles. The summed E-state index contributed by atoms with van der Waals surface area (Å²) in [5.41, 5.74) is 1.52. The Morgan fingerprint density at radius 1 is 1.40 bits per heavy atom. The zero-order chi connectivity index (χ0) is 10.9. The highest BCUT2D eigenvalue weighted by molar-refractivity contribution is 5.16. The summed E-state index contributed by atoms with van der Waals surface area (Å²) in [7, 11) is 0. The van der Waals surface area contributed by atoms with Gasteiger partial charge in [-0.3, -0.25) is 4.68 Å². The first-order chi connectivity index (χ1) is 7.04. The number of rotatable bonds is 2. The average Bonchev–Trinajstić information content (AvgIpc) is 2.56. The lowest BCUT2D eigenvalue weighted by Crippen LogP contribution is -2.17. The molecule has 0 atom stereocenters. The fraction of sp³-hybridized carbons (Fsp3) is 0.750. The zero-order valence-corrected chi connectivity index (χ0v) is 9.92. The number of ether oxygens (including phenoxy) is 1. The van der Waals surface area contributed by atoms with Crippen molar-refractivity contribution in [3.8, 4) is 5.88 Å². The summed E-state index contributed by atoms with van der Waals surface area (Å²) >= 11 is 0. The van der Waals surface area contributed by atoms with Gasteiger partial charge in [0.25, 0.3) is 0 Å². The normalized spacial score (nSPS) is 16.2. The van der Waals surface area contributed by atoms with Crippen molar-refractivity contribution in [2.75, 3.05) is 6.61 Å². The average molecular weight is 208 g/mol. The largest absolute Gasteiger partial charge is 0.476 e. The van der Waals surface area contributed by atoms with Crippen LogP contribution in [0.2, 0.25) is 0 Å². The molecule has 1 aliphatic rings. The molecule has 0 aromatic carbocycles. The van der Waals surface area contributed by atoms with Crippen LogP contribution in [0, 0.1) is 5.41 Å². The lowest BCUT2D eigenvalue weighted by molar-refractivity contribution is 0.190. The van der Waals surface area contributed by atoms with E-state index in [9.17, 15) is 0 Å². The smallest absolute Gasteiger partial charge is 0.233 e. The maximum absolute atomic E-state index is 5.69. The molecule has 0 radical (unpaired) electrons. The Hall–Kier alpha value is -0.990. The molecule has 0 bridgehead atoms. The lowest BCUT2D eigenvalue weighted by atomic mass is 9.99. The molecule has 0 N–H and O–H groups in total. The molecule has 2 heterocycles. The number of aryl methyl sites for hydroxylation is 2. The van der Waals surface area contributed by atoms with Crippen LogP contribution in [-0.4, -0.2) is 16.4 Å². The van der Waals surface area contributed by atoms with Gasteiger partial charge in [0.2, 0.25) is 5.88 Å². The first-order valence-corrected chi connectivity index (χ1v) is 5.74. The molecule has 0 saturated carbocycles. The third-order valence-corrected chi connectivity index (χ3v) is 2.55. The van der Waals surface area contributed by atoms with E-state index >= 15 is 0 Å². The van der Waals surface area contributed by atoms with Crippen molar-refractivity contribution in [1.82, 2.24) is 9.78 Å². The van der Waals surface area contributed by atoms with Gasteiger partial charge >= 0.3 is 0 Å². The van der Waals surface area contributed by atoms with E-state index in [0.29, 0.717) is 0 Å². The Morgan fingerprint density at radius 2 is 2.20 bits per heavy atom. The molecule has 0 amide bonds. The third-order valence-electron chi connectivity index (χ3n) is 2.55. The van der Waals surface area contributed by atoms with E-state index in [1.807, 2.05) is 0 Å². The molecular formula is C12H20N2O. The molecule has 0 fully saturated rings. The van der Waals surface area contributed by atoms with E-state index in [0.717, 1.165) is 25.5 Å². The van der Waals surface area contributed by atoms with Gasteiger partial charge < -0.3 is 4.74 Å². The van der Waals surface area contributed by atoms with Crippen molar-refractivity contribution in [2.45, 2.75) is 46.6 Å². The predicted molar refractivity (Wildman–Crippen MR) is 60.1 cm³/mol. The Morgan fingerprint density at radius 3 is 2.87 bits per heavy atom. The lowest BCUT2D eigenvalue weighted by Gasteiger charge is -2.17. The van der Waals surface area contributed by atoms with Crippen LogP contribution in [-0.2, 0) is 13.0 Å². The second-order valence-corrected chi connectivity index (χ2v) is 5.50. The number of fused-ring (bicyclic) bond motifs is 1. The summed E-state index contributed by atoms with van der Waals surface area (Å²) < 4.78 is 7.78. The highest BCUT2D eigenvalue weighted by atomic mass is 16.5.